The number of carbonyl (C=O) groups is 2. The van der Waals surface area contributed by atoms with Gasteiger partial charge in [0.1, 0.15) is 16.9 Å². The lowest BCUT2D eigenvalue weighted by molar-refractivity contribution is -0.151. The summed E-state index contributed by atoms with van der Waals surface area (Å²) in [4.78, 5) is 22.8. The topological polar surface area (TPSA) is 61.8 Å². The number of methoxy groups -OCH3 is 3. The zero-order chi connectivity index (χ0) is 13.7. The predicted octanol–water partition coefficient (Wildman–Crippen LogP) is 1.73. The number of carbonyl (C=O) groups excluding carboxylic acids is 2. The third-order valence-electron chi connectivity index (χ3n) is 2.33. The van der Waals surface area contributed by atoms with E-state index in [1.54, 1.807) is 12.1 Å². The number of rotatable bonds is 5. The summed E-state index contributed by atoms with van der Waals surface area (Å²) < 4.78 is 14.5. The van der Waals surface area contributed by atoms with Crippen molar-refractivity contribution in [3.63, 3.8) is 0 Å². The Morgan fingerprint density at radius 1 is 1.17 bits per heavy atom. The first-order valence-electron chi connectivity index (χ1n) is 5.03. The Morgan fingerprint density at radius 3 is 2.33 bits per heavy atom. The van der Waals surface area contributed by atoms with Crippen LogP contribution in [0.25, 0.3) is 0 Å². The molecular weight excluding hydrogens is 260 g/mol. The second-order valence-electron chi connectivity index (χ2n) is 3.33. The van der Waals surface area contributed by atoms with Gasteiger partial charge in [-0.15, -0.1) is 11.6 Å². The van der Waals surface area contributed by atoms with Crippen LogP contribution in [0.5, 0.6) is 11.5 Å². The van der Waals surface area contributed by atoms with Crippen molar-refractivity contribution >= 4 is 23.4 Å². The summed E-state index contributed by atoms with van der Waals surface area (Å²) in [5.41, 5.74) is 0.355. The van der Waals surface area contributed by atoms with E-state index in [0.717, 1.165) is 7.11 Å². The first kappa shape index (κ1) is 14.3. The van der Waals surface area contributed by atoms with Gasteiger partial charge in [-0.25, -0.2) is 4.79 Å². The van der Waals surface area contributed by atoms with E-state index in [1.165, 1.54) is 20.3 Å². The molecule has 0 fully saturated rings. The van der Waals surface area contributed by atoms with Gasteiger partial charge in [-0.2, -0.15) is 0 Å². The molecule has 0 spiro atoms. The Kier molecular flexibility index (Phi) is 4.97. The zero-order valence-corrected chi connectivity index (χ0v) is 11.0. The minimum Gasteiger partial charge on any atom is -0.497 e. The van der Waals surface area contributed by atoms with Gasteiger partial charge in [0.15, 0.2) is 0 Å². The van der Waals surface area contributed by atoms with Crippen LogP contribution in [0, 0.1) is 0 Å². The average molecular weight is 273 g/mol. The third-order valence-corrected chi connectivity index (χ3v) is 2.76. The van der Waals surface area contributed by atoms with Crippen molar-refractivity contribution in [2.75, 3.05) is 21.3 Å². The normalized spacial score (nSPS) is 11.6. The highest BCUT2D eigenvalue weighted by Crippen LogP contribution is 2.33. The van der Waals surface area contributed by atoms with Crippen LogP contribution in [0.1, 0.15) is 10.9 Å². The molecule has 5 nitrogen and oxygen atoms in total. The molecule has 0 radical (unpaired) electrons. The van der Waals surface area contributed by atoms with Crippen molar-refractivity contribution in [2.45, 2.75) is 5.38 Å². The monoisotopic (exact) mass is 272 g/mol. The van der Waals surface area contributed by atoms with Gasteiger partial charge < -0.3 is 14.2 Å². The van der Waals surface area contributed by atoms with E-state index >= 15 is 0 Å². The van der Waals surface area contributed by atoms with Crippen molar-refractivity contribution < 1.29 is 23.8 Å². The van der Waals surface area contributed by atoms with Gasteiger partial charge in [0.25, 0.3) is 5.78 Å². The SMILES string of the molecule is COC(=O)C(=O)C(Cl)c1cc(OC)ccc1OC. The fraction of sp³-hybridized carbons (Fsp3) is 0.333. The number of hydrogen-bond donors (Lipinski definition) is 0. The summed E-state index contributed by atoms with van der Waals surface area (Å²) in [6, 6.07) is 4.81. The first-order chi connectivity index (χ1) is 8.54. The smallest absolute Gasteiger partial charge is 0.376 e. The Balaban J connectivity index is 3.13. The van der Waals surface area contributed by atoms with Crippen molar-refractivity contribution in [3.05, 3.63) is 23.8 Å². The maximum Gasteiger partial charge on any atom is 0.376 e. The van der Waals surface area contributed by atoms with Gasteiger partial charge in [0.2, 0.25) is 0 Å². The van der Waals surface area contributed by atoms with Crippen LogP contribution >= 0.6 is 11.6 Å². The summed E-state index contributed by atoms with van der Waals surface area (Å²) in [6.07, 6.45) is 0. The molecule has 0 saturated carbocycles. The van der Waals surface area contributed by atoms with Crippen LogP contribution in [-0.4, -0.2) is 33.1 Å². The molecule has 98 valence electrons. The van der Waals surface area contributed by atoms with Crippen LogP contribution in [0.2, 0.25) is 0 Å². The lowest BCUT2D eigenvalue weighted by atomic mass is 10.1. The van der Waals surface area contributed by atoms with Gasteiger partial charge >= 0.3 is 5.97 Å². The molecule has 0 aliphatic carbocycles. The molecule has 0 aliphatic heterocycles. The largest absolute Gasteiger partial charge is 0.497 e. The molecule has 0 aromatic heterocycles. The highest BCUT2D eigenvalue weighted by molar-refractivity contribution is 6.47. The molecule has 0 aliphatic rings. The minimum absolute atomic E-state index is 0.355. The minimum atomic E-state index is -1.18. The van der Waals surface area contributed by atoms with Crippen LogP contribution in [0.3, 0.4) is 0 Å². The number of benzene rings is 1. The van der Waals surface area contributed by atoms with Crippen LogP contribution in [0.4, 0.5) is 0 Å². The van der Waals surface area contributed by atoms with Gasteiger partial charge in [0, 0.05) is 5.56 Å². The van der Waals surface area contributed by atoms with E-state index in [1.807, 2.05) is 0 Å². The number of ether oxygens (including phenoxy) is 3. The lowest BCUT2D eigenvalue weighted by Gasteiger charge is -2.13. The average Bonchev–Trinajstić information content (AvgIpc) is 2.43. The van der Waals surface area contributed by atoms with Gasteiger partial charge in [0.05, 0.1) is 21.3 Å². The Labute approximate surface area is 110 Å². The van der Waals surface area contributed by atoms with Gasteiger partial charge in [-0.3, -0.25) is 4.79 Å². The Hall–Kier alpha value is -1.75. The quantitative estimate of drug-likeness (QED) is 0.464. The molecule has 6 heteroatoms. The van der Waals surface area contributed by atoms with E-state index in [-0.39, 0.29) is 0 Å². The molecule has 1 rings (SSSR count). The second-order valence-corrected chi connectivity index (χ2v) is 3.76. The Bertz CT molecular complexity index is 458. The number of ketones is 1. The second kappa shape index (κ2) is 6.26. The summed E-state index contributed by atoms with van der Waals surface area (Å²) in [7, 11) is 4.04. The molecule has 1 atom stereocenters. The van der Waals surface area contributed by atoms with Crippen molar-refractivity contribution in [1.82, 2.24) is 0 Å². The molecule has 0 bridgehead atoms. The van der Waals surface area contributed by atoms with Crippen LogP contribution in [-0.2, 0) is 14.3 Å². The van der Waals surface area contributed by atoms with Crippen LogP contribution in [0.15, 0.2) is 18.2 Å². The number of hydrogen-bond acceptors (Lipinski definition) is 5. The standard InChI is InChI=1S/C12H13ClO5/c1-16-7-4-5-9(17-2)8(6-7)10(13)11(14)12(15)18-3/h4-6,10H,1-3H3. The molecular formula is C12H13ClO5. The molecule has 0 heterocycles. The summed E-state index contributed by atoms with van der Waals surface area (Å²) in [5, 5.41) is -1.18. The summed E-state index contributed by atoms with van der Waals surface area (Å²) in [5.74, 6) is -0.951. The van der Waals surface area contributed by atoms with Gasteiger partial charge in [-0.05, 0) is 18.2 Å². The summed E-state index contributed by atoms with van der Waals surface area (Å²) in [6.45, 7) is 0. The number of halogens is 1. The molecule has 1 aromatic rings. The Morgan fingerprint density at radius 2 is 1.83 bits per heavy atom. The highest BCUT2D eigenvalue weighted by atomic mass is 35.5. The van der Waals surface area contributed by atoms with E-state index in [4.69, 9.17) is 21.1 Å². The molecule has 1 unspecified atom stereocenters. The highest BCUT2D eigenvalue weighted by Gasteiger charge is 2.28. The van der Waals surface area contributed by atoms with Crippen molar-refractivity contribution in [2.24, 2.45) is 0 Å². The van der Waals surface area contributed by atoms with Crippen molar-refractivity contribution in [3.8, 4) is 11.5 Å². The van der Waals surface area contributed by atoms with E-state index in [0.29, 0.717) is 17.1 Å². The maximum atomic E-state index is 11.6. The van der Waals surface area contributed by atoms with Gasteiger partial charge in [-0.1, -0.05) is 0 Å². The maximum absolute atomic E-state index is 11.6. The number of alkyl halides is 1. The summed E-state index contributed by atoms with van der Waals surface area (Å²) >= 11 is 5.96. The first-order valence-corrected chi connectivity index (χ1v) is 5.47. The fourth-order valence-corrected chi connectivity index (χ4v) is 1.64. The molecule has 0 saturated heterocycles. The van der Waals surface area contributed by atoms with Crippen molar-refractivity contribution in [1.29, 1.82) is 0 Å². The molecule has 0 N–H and O–H groups in total. The predicted molar refractivity (Wildman–Crippen MR) is 65.2 cm³/mol. The fourth-order valence-electron chi connectivity index (χ4n) is 1.38. The molecule has 1 aromatic carbocycles. The third kappa shape index (κ3) is 2.92. The number of Topliss-reactive ketones (excluding diaryl/α,β-unsaturated/α-hetero) is 1. The number of esters is 1. The van der Waals surface area contributed by atoms with E-state index in [9.17, 15) is 9.59 Å². The lowest BCUT2D eigenvalue weighted by Crippen LogP contribution is -2.20. The molecule has 0 amide bonds. The van der Waals surface area contributed by atoms with E-state index in [2.05, 4.69) is 4.74 Å². The van der Waals surface area contributed by atoms with E-state index < -0.39 is 17.1 Å². The molecule has 18 heavy (non-hydrogen) atoms. The zero-order valence-electron chi connectivity index (χ0n) is 10.2. The van der Waals surface area contributed by atoms with Crippen LogP contribution < -0.4 is 9.47 Å².